The van der Waals surface area contributed by atoms with Crippen LogP contribution in [0.5, 0.6) is 5.75 Å². The molecule has 0 aliphatic rings. The highest BCUT2D eigenvalue weighted by atomic mass is 19.4. The van der Waals surface area contributed by atoms with Crippen molar-refractivity contribution >= 4 is 0 Å². The van der Waals surface area contributed by atoms with E-state index in [1.54, 1.807) is 16.8 Å². The highest BCUT2D eigenvalue weighted by Crippen LogP contribution is 2.23. The zero-order valence-corrected chi connectivity index (χ0v) is 11.7. The average molecular weight is 299 g/mol. The van der Waals surface area contributed by atoms with Crippen LogP contribution in [0.2, 0.25) is 0 Å². The Balaban J connectivity index is 2.14. The number of hydrogen-bond acceptors (Lipinski definition) is 3. The van der Waals surface area contributed by atoms with Gasteiger partial charge in [-0.25, -0.2) is 0 Å². The lowest BCUT2D eigenvalue weighted by Crippen LogP contribution is -2.17. The second-order valence-corrected chi connectivity index (χ2v) is 4.70. The molecule has 2 N–H and O–H groups in total. The van der Waals surface area contributed by atoms with Crippen LogP contribution in [0.25, 0.3) is 0 Å². The molecular formula is C14H16F3N3O. The number of rotatable bonds is 4. The van der Waals surface area contributed by atoms with Crippen molar-refractivity contribution in [1.82, 2.24) is 9.78 Å². The van der Waals surface area contributed by atoms with Gasteiger partial charge in [-0.3, -0.25) is 4.68 Å². The minimum Gasteiger partial charge on any atom is -0.406 e. The molecule has 0 atom stereocenters. The van der Waals surface area contributed by atoms with E-state index in [0.717, 1.165) is 22.5 Å². The summed E-state index contributed by atoms with van der Waals surface area (Å²) in [5.74, 6) is -0.234. The maximum atomic E-state index is 12.1. The number of halogens is 3. The Morgan fingerprint density at radius 3 is 2.29 bits per heavy atom. The van der Waals surface area contributed by atoms with Gasteiger partial charge in [0.15, 0.2) is 0 Å². The third-order valence-electron chi connectivity index (χ3n) is 3.22. The van der Waals surface area contributed by atoms with Crippen molar-refractivity contribution in [2.24, 2.45) is 5.73 Å². The minimum atomic E-state index is -4.67. The van der Waals surface area contributed by atoms with Gasteiger partial charge in [-0.2, -0.15) is 5.10 Å². The first-order chi connectivity index (χ1) is 9.80. The van der Waals surface area contributed by atoms with E-state index in [1.807, 2.05) is 13.8 Å². The molecule has 0 bridgehead atoms. The standard InChI is InChI=1S/C14H16F3N3O/c1-9-13(7-18)10(2)20(19-9)8-11-3-5-12(6-4-11)21-14(15,16)17/h3-6H,7-8,18H2,1-2H3. The first-order valence-corrected chi connectivity index (χ1v) is 6.38. The number of alkyl halides is 3. The molecule has 0 radical (unpaired) electrons. The fourth-order valence-corrected chi connectivity index (χ4v) is 2.15. The van der Waals surface area contributed by atoms with Crippen LogP contribution in [-0.4, -0.2) is 16.1 Å². The summed E-state index contributed by atoms with van der Waals surface area (Å²) < 4.78 is 41.9. The van der Waals surface area contributed by atoms with Gasteiger partial charge in [-0.05, 0) is 31.5 Å². The molecule has 0 saturated heterocycles. The molecule has 0 spiro atoms. The number of nitrogens with zero attached hydrogens (tertiary/aromatic N) is 2. The van der Waals surface area contributed by atoms with Gasteiger partial charge < -0.3 is 10.5 Å². The van der Waals surface area contributed by atoms with Crippen LogP contribution >= 0.6 is 0 Å². The van der Waals surface area contributed by atoms with Crippen LogP contribution in [0.3, 0.4) is 0 Å². The molecule has 114 valence electrons. The van der Waals surface area contributed by atoms with E-state index >= 15 is 0 Å². The summed E-state index contributed by atoms with van der Waals surface area (Å²) in [6.45, 7) is 4.68. The lowest BCUT2D eigenvalue weighted by molar-refractivity contribution is -0.274. The summed E-state index contributed by atoms with van der Waals surface area (Å²) in [4.78, 5) is 0. The quantitative estimate of drug-likeness (QED) is 0.944. The van der Waals surface area contributed by atoms with E-state index in [-0.39, 0.29) is 5.75 Å². The van der Waals surface area contributed by atoms with Crippen LogP contribution in [0, 0.1) is 13.8 Å². The Morgan fingerprint density at radius 1 is 1.19 bits per heavy atom. The number of nitrogens with two attached hydrogens (primary N) is 1. The zero-order chi connectivity index (χ0) is 15.6. The van der Waals surface area contributed by atoms with Gasteiger partial charge in [0, 0.05) is 17.8 Å². The van der Waals surface area contributed by atoms with Crippen LogP contribution in [-0.2, 0) is 13.1 Å². The number of aromatic nitrogens is 2. The van der Waals surface area contributed by atoms with Crippen molar-refractivity contribution in [2.45, 2.75) is 33.3 Å². The van der Waals surface area contributed by atoms with Gasteiger partial charge in [-0.15, -0.1) is 13.2 Å². The highest BCUT2D eigenvalue weighted by molar-refractivity contribution is 5.29. The van der Waals surface area contributed by atoms with Crippen molar-refractivity contribution < 1.29 is 17.9 Å². The summed E-state index contributed by atoms with van der Waals surface area (Å²) in [6, 6.07) is 5.75. The molecule has 0 aliphatic carbocycles. The second-order valence-electron chi connectivity index (χ2n) is 4.70. The Hall–Kier alpha value is -2.02. The molecular weight excluding hydrogens is 283 g/mol. The predicted molar refractivity (Wildman–Crippen MR) is 71.8 cm³/mol. The summed E-state index contributed by atoms with van der Waals surface area (Å²) in [7, 11) is 0. The van der Waals surface area contributed by atoms with Crippen LogP contribution in [0.4, 0.5) is 13.2 Å². The Kier molecular flexibility index (Phi) is 4.22. The summed E-state index contributed by atoms with van der Waals surface area (Å²) >= 11 is 0. The monoisotopic (exact) mass is 299 g/mol. The topological polar surface area (TPSA) is 53.1 Å². The molecule has 1 heterocycles. The van der Waals surface area contributed by atoms with Crippen LogP contribution in [0.15, 0.2) is 24.3 Å². The number of hydrogen-bond donors (Lipinski definition) is 1. The van der Waals surface area contributed by atoms with Gasteiger partial charge in [0.2, 0.25) is 0 Å². The molecule has 4 nitrogen and oxygen atoms in total. The van der Waals surface area contributed by atoms with E-state index in [0.29, 0.717) is 13.1 Å². The molecule has 21 heavy (non-hydrogen) atoms. The molecule has 0 aliphatic heterocycles. The maximum Gasteiger partial charge on any atom is 0.573 e. The average Bonchev–Trinajstić information content (AvgIpc) is 2.65. The van der Waals surface area contributed by atoms with Gasteiger partial charge in [-0.1, -0.05) is 12.1 Å². The first kappa shape index (κ1) is 15.4. The van der Waals surface area contributed by atoms with E-state index < -0.39 is 6.36 Å². The SMILES string of the molecule is Cc1nn(Cc2ccc(OC(F)(F)F)cc2)c(C)c1CN. The van der Waals surface area contributed by atoms with Crippen molar-refractivity contribution in [1.29, 1.82) is 0 Å². The van der Waals surface area contributed by atoms with Gasteiger partial charge >= 0.3 is 6.36 Å². The summed E-state index contributed by atoms with van der Waals surface area (Å²) in [5.41, 5.74) is 9.32. The molecule has 2 rings (SSSR count). The molecule has 0 unspecified atom stereocenters. The number of benzene rings is 1. The lowest BCUT2D eigenvalue weighted by atomic mass is 10.2. The molecule has 7 heteroatoms. The van der Waals surface area contributed by atoms with Crippen LogP contribution in [0.1, 0.15) is 22.5 Å². The Bertz CT molecular complexity index is 618. The first-order valence-electron chi connectivity index (χ1n) is 6.38. The van der Waals surface area contributed by atoms with Gasteiger partial charge in [0.1, 0.15) is 5.75 Å². The lowest BCUT2D eigenvalue weighted by Gasteiger charge is -2.10. The molecule has 0 amide bonds. The fourth-order valence-electron chi connectivity index (χ4n) is 2.15. The molecule has 2 aromatic rings. The zero-order valence-electron chi connectivity index (χ0n) is 11.7. The smallest absolute Gasteiger partial charge is 0.406 e. The highest BCUT2D eigenvalue weighted by Gasteiger charge is 2.30. The van der Waals surface area contributed by atoms with Crippen molar-refractivity contribution in [3.8, 4) is 5.75 Å². The predicted octanol–water partition coefficient (Wildman–Crippen LogP) is 2.91. The third kappa shape index (κ3) is 3.75. The number of ether oxygens (including phenoxy) is 1. The van der Waals surface area contributed by atoms with E-state index in [2.05, 4.69) is 9.84 Å². The van der Waals surface area contributed by atoms with Crippen molar-refractivity contribution in [2.75, 3.05) is 0 Å². The van der Waals surface area contributed by atoms with Crippen LogP contribution < -0.4 is 10.5 Å². The summed E-state index contributed by atoms with van der Waals surface area (Å²) in [6.07, 6.45) is -4.67. The minimum absolute atomic E-state index is 0.234. The van der Waals surface area contributed by atoms with E-state index in [1.165, 1.54) is 12.1 Å². The largest absolute Gasteiger partial charge is 0.573 e. The second kappa shape index (κ2) is 5.77. The van der Waals surface area contributed by atoms with E-state index in [9.17, 15) is 13.2 Å². The van der Waals surface area contributed by atoms with Gasteiger partial charge in [0.25, 0.3) is 0 Å². The normalized spacial score (nSPS) is 11.7. The van der Waals surface area contributed by atoms with E-state index in [4.69, 9.17) is 5.73 Å². The van der Waals surface area contributed by atoms with Gasteiger partial charge in [0.05, 0.1) is 12.2 Å². The third-order valence-corrected chi connectivity index (χ3v) is 3.22. The molecule has 1 aromatic carbocycles. The molecule has 0 fully saturated rings. The fraction of sp³-hybridized carbons (Fsp3) is 0.357. The Labute approximate surface area is 120 Å². The molecule has 0 saturated carbocycles. The maximum absolute atomic E-state index is 12.1. The summed E-state index contributed by atoms with van der Waals surface area (Å²) in [5, 5.41) is 4.38. The van der Waals surface area contributed by atoms with Crippen molar-refractivity contribution in [3.05, 3.63) is 46.8 Å². The molecule has 1 aromatic heterocycles. The Morgan fingerprint density at radius 2 is 1.81 bits per heavy atom. The van der Waals surface area contributed by atoms with Crippen molar-refractivity contribution in [3.63, 3.8) is 0 Å². The number of aryl methyl sites for hydroxylation is 1.